The third kappa shape index (κ3) is 3.34. The van der Waals surface area contributed by atoms with Crippen LogP contribution < -0.4 is 4.72 Å². The van der Waals surface area contributed by atoms with Gasteiger partial charge in [-0.1, -0.05) is 5.16 Å². The molecule has 0 amide bonds. The van der Waals surface area contributed by atoms with Crippen LogP contribution in [0.5, 0.6) is 0 Å². The lowest BCUT2D eigenvalue weighted by Crippen LogP contribution is -2.39. The maximum Gasteiger partial charge on any atom is 0.242 e. The molecule has 0 bridgehead atoms. The van der Waals surface area contributed by atoms with E-state index in [0.717, 1.165) is 0 Å². The van der Waals surface area contributed by atoms with Gasteiger partial charge in [0.05, 0.1) is 11.7 Å². The van der Waals surface area contributed by atoms with Crippen molar-refractivity contribution in [2.24, 2.45) is 5.92 Å². The zero-order chi connectivity index (χ0) is 20.2. The Kier molecular flexibility index (Phi) is 4.56. The molecule has 2 aromatic rings. The first-order chi connectivity index (χ1) is 13.1. The van der Waals surface area contributed by atoms with E-state index in [9.17, 15) is 16.8 Å². The highest BCUT2D eigenvalue weighted by Gasteiger charge is 2.59. The molecule has 1 aliphatic carbocycles. The van der Waals surface area contributed by atoms with Crippen molar-refractivity contribution in [3.05, 3.63) is 36.2 Å². The van der Waals surface area contributed by atoms with Crippen molar-refractivity contribution >= 4 is 20.0 Å². The van der Waals surface area contributed by atoms with Gasteiger partial charge in [-0.15, -0.1) is 0 Å². The standard InChI is InChI=1S/C16H21N5O5S2/c1-11-18-15(26-19-11)16-7-13(6-12(16)9-21(10-16)27(2,22)23)20-28(24,25)14-4-3-5-17-8-14/h3-5,8,12-13,20H,6-7,9-10H2,1-2H3/t12-,13+,16-/m0/s1. The first kappa shape index (κ1) is 19.4. The second-order valence-electron chi connectivity index (χ2n) is 7.50. The van der Waals surface area contributed by atoms with Gasteiger partial charge in [0.1, 0.15) is 4.90 Å². The van der Waals surface area contributed by atoms with Gasteiger partial charge in [0.15, 0.2) is 5.82 Å². The molecule has 1 saturated heterocycles. The van der Waals surface area contributed by atoms with Gasteiger partial charge in [0, 0.05) is 31.5 Å². The molecule has 1 aliphatic heterocycles. The minimum absolute atomic E-state index is 0.0903. The van der Waals surface area contributed by atoms with E-state index in [1.807, 2.05) is 0 Å². The first-order valence-electron chi connectivity index (χ1n) is 8.78. The smallest absolute Gasteiger partial charge is 0.242 e. The monoisotopic (exact) mass is 427 g/mol. The topological polar surface area (TPSA) is 135 Å². The van der Waals surface area contributed by atoms with Crippen LogP contribution in [0, 0.1) is 12.8 Å². The Morgan fingerprint density at radius 2 is 2.11 bits per heavy atom. The number of nitrogens with one attached hydrogen (secondary N) is 1. The van der Waals surface area contributed by atoms with Crippen LogP contribution in [0.25, 0.3) is 0 Å². The predicted octanol–water partition coefficient (Wildman–Crippen LogP) is 0.0431. The number of aromatic nitrogens is 3. The molecule has 12 heteroatoms. The van der Waals surface area contributed by atoms with Gasteiger partial charge in [-0.3, -0.25) is 4.98 Å². The van der Waals surface area contributed by atoms with E-state index in [0.29, 0.717) is 31.1 Å². The minimum atomic E-state index is -3.73. The highest BCUT2D eigenvalue weighted by atomic mass is 32.2. The van der Waals surface area contributed by atoms with Crippen LogP contribution in [0.3, 0.4) is 0 Å². The minimum Gasteiger partial charge on any atom is -0.339 e. The summed E-state index contributed by atoms with van der Waals surface area (Å²) in [5.41, 5.74) is -0.702. The van der Waals surface area contributed by atoms with Crippen LogP contribution >= 0.6 is 0 Å². The van der Waals surface area contributed by atoms with Crippen LogP contribution in [0.4, 0.5) is 0 Å². The molecule has 1 N–H and O–H groups in total. The molecule has 2 aromatic heterocycles. The van der Waals surface area contributed by atoms with E-state index >= 15 is 0 Å². The molecule has 0 unspecified atom stereocenters. The van der Waals surface area contributed by atoms with Crippen LogP contribution in [0.2, 0.25) is 0 Å². The van der Waals surface area contributed by atoms with E-state index < -0.39 is 25.5 Å². The molecule has 2 fully saturated rings. The molecular weight excluding hydrogens is 406 g/mol. The highest BCUT2D eigenvalue weighted by molar-refractivity contribution is 7.89. The van der Waals surface area contributed by atoms with Crippen molar-refractivity contribution in [2.75, 3.05) is 19.3 Å². The number of hydrogen-bond donors (Lipinski definition) is 1. The molecule has 4 rings (SSSR count). The third-order valence-electron chi connectivity index (χ3n) is 5.53. The molecule has 0 radical (unpaired) electrons. The second-order valence-corrected chi connectivity index (χ2v) is 11.2. The van der Waals surface area contributed by atoms with Gasteiger partial charge < -0.3 is 4.52 Å². The van der Waals surface area contributed by atoms with Crippen LogP contribution in [0.1, 0.15) is 24.6 Å². The molecule has 1 saturated carbocycles. The van der Waals surface area contributed by atoms with Crippen LogP contribution in [-0.4, -0.2) is 61.7 Å². The average molecular weight is 428 g/mol. The Morgan fingerprint density at radius 3 is 2.71 bits per heavy atom. The second kappa shape index (κ2) is 6.58. The van der Waals surface area contributed by atoms with E-state index in [4.69, 9.17) is 4.52 Å². The average Bonchev–Trinajstić information content (AvgIpc) is 3.27. The normalized spacial score (nSPS) is 28.5. The Labute approximate surface area is 163 Å². The number of hydrogen-bond acceptors (Lipinski definition) is 8. The molecule has 3 heterocycles. The van der Waals surface area contributed by atoms with E-state index in [-0.39, 0.29) is 23.4 Å². The Balaban J connectivity index is 1.63. The molecule has 0 spiro atoms. The third-order valence-corrected chi connectivity index (χ3v) is 8.25. The summed E-state index contributed by atoms with van der Waals surface area (Å²) in [4.78, 5) is 8.29. The maximum absolute atomic E-state index is 12.7. The summed E-state index contributed by atoms with van der Waals surface area (Å²) in [7, 11) is -7.11. The number of fused-ring (bicyclic) bond motifs is 1. The fraction of sp³-hybridized carbons (Fsp3) is 0.562. The van der Waals surface area contributed by atoms with Gasteiger partial charge in [-0.05, 0) is 37.8 Å². The number of sulfonamides is 2. The van der Waals surface area contributed by atoms with Crippen molar-refractivity contribution in [3.63, 3.8) is 0 Å². The summed E-state index contributed by atoms with van der Waals surface area (Å²) >= 11 is 0. The van der Waals surface area contributed by atoms with Crippen LogP contribution in [0.15, 0.2) is 33.9 Å². The fourth-order valence-electron chi connectivity index (χ4n) is 4.29. The van der Waals surface area contributed by atoms with Crippen LogP contribution in [-0.2, 0) is 25.5 Å². The molecule has 28 heavy (non-hydrogen) atoms. The molecular formula is C16H21N5O5S2. The van der Waals surface area contributed by atoms with Gasteiger partial charge in [0.2, 0.25) is 25.9 Å². The fourth-order valence-corrected chi connectivity index (χ4v) is 6.42. The van der Waals surface area contributed by atoms with Gasteiger partial charge in [-0.2, -0.15) is 4.98 Å². The summed E-state index contributed by atoms with van der Waals surface area (Å²) in [6.07, 6.45) is 4.83. The maximum atomic E-state index is 12.7. The SMILES string of the molecule is Cc1noc([C@]23C[C@H](NS(=O)(=O)c4cccnc4)C[C@H]2CN(S(C)(=O)=O)C3)n1. The van der Waals surface area contributed by atoms with Crippen molar-refractivity contribution in [3.8, 4) is 0 Å². The van der Waals surface area contributed by atoms with Gasteiger partial charge in [0.25, 0.3) is 0 Å². The molecule has 10 nitrogen and oxygen atoms in total. The summed E-state index contributed by atoms with van der Waals surface area (Å²) in [5.74, 6) is 0.702. The summed E-state index contributed by atoms with van der Waals surface area (Å²) in [6, 6.07) is 2.67. The number of aryl methyl sites for hydroxylation is 1. The number of nitrogens with zero attached hydrogens (tertiary/aromatic N) is 4. The Morgan fingerprint density at radius 1 is 1.32 bits per heavy atom. The summed E-state index contributed by atoms with van der Waals surface area (Å²) in [6.45, 7) is 2.19. The zero-order valence-corrected chi connectivity index (χ0v) is 17.1. The Hall–Kier alpha value is -1.89. The van der Waals surface area contributed by atoms with Gasteiger partial charge in [-0.25, -0.2) is 25.9 Å². The quantitative estimate of drug-likeness (QED) is 0.707. The van der Waals surface area contributed by atoms with E-state index in [1.165, 1.54) is 29.0 Å². The van der Waals surface area contributed by atoms with Crippen molar-refractivity contribution in [1.29, 1.82) is 0 Å². The van der Waals surface area contributed by atoms with Crippen molar-refractivity contribution in [1.82, 2.24) is 24.2 Å². The first-order valence-corrected chi connectivity index (χ1v) is 12.1. The highest BCUT2D eigenvalue weighted by Crippen LogP contribution is 2.50. The lowest BCUT2D eigenvalue weighted by Gasteiger charge is -2.24. The summed E-state index contributed by atoms with van der Waals surface area (Å²) < 4.78 is 59.0. The van der Waals surface area contributed by atoms with Crippen molar-refractivity contribution < 1.29 is 21.4 Å². The van der Waals surface area contributed by atoms with E-state index in [1.54, 1.807) is 13.0 Å². The molecule has 3 atom stereocenters. The lowest BCUT2D eigenvalue weighted by molar-refractivity contribution is 0.259. The largest absolute Gasteiger partial charge is 0.339 e. The van der Waals surface area contributed by atoms with Crippen molar-refractivity contribution in [2.45, 2.75) is 36.1 Å². The molecule has 0 aromatic carbocycles. The number of pyridine rings is 1. The Bertz CT molecular complexity index is 1090. The zero-order valence-electron chi connectivity index (χ0n) is 15.4. The molecule has 152 valence electrons. The lowest BCUT2D eigenvalue weighted by atomic mass is 9.80. The number of rotatable bonds is 5. The summed E-state index contributed by atoms with van der Waals surface area (Å²) in [5, 5.41) is 3.85. The van der Waals surface area contributed by atoms with Gasteiger partial charge >= 0.3 is 0 Å². The molecule has 2 aliphatic rings. The van der Waals surface area contributed by atoms with E-state index in [2.05, 4.69) is 19.8 Å². The predicted molar refractivity (Wildman–Crippen MR) is 98.2 cm³/mol.